The van der Waals surface area contributed by atoms with Gasteiger partial charge in [-0.3, -0.25) is 0 Å². The van der Waals surface area contributed by atoms with Gasteiger partial charge in [0.15, 0.2) is 0 Å². The summed E-state index contributed by atoms with van der Waals surface area (Å²) in [5.74, 6) is 0. The summed E-state index contributed by atoms with van der Waals surface area (Å²) in [6, 6.07) is 0. The fourth-order valence-electron chi connectivity index (χ4n) is 2.91. The van der Waals surface area contributed by atoms with Crippen molar-refractivity contribution in [1.82, 2.24) is 9.80 Å². The SMILES string of the molecule is O=C1OCCCN1CCCCCCCCN1CCCOC1=O. The van der Waals surface area contributed by atoms with Crippen LogP contribution in [0.2, 0.25) is 0 Å². The quantitative estimate of drug-likeness (QED) is 0.614. The molecule has 0 aromatic rings. The Labute approximate surface area is 132 Å². The summed E-state index contributed by atoms with van der Waals surface area (Å²) in [6.07, 6.45) is 8.36. The molecule has 2 aliphatic rings. The lowest BCUT2D eigenvalue weighted by molar-refractivity contribution is 0.0712. The summed E-state index contributed by atoms with van der Waals surface area (Å²) in [5.41, 5.74) is 0. The van der Waals surface area contributed by atoms with E-state index in [1.807, 2.05) is 9.80 Å². The molecular formula is C16H28N2O4. The van der Waals surface area contributed by atoms with Gasteiger partial charge in [0, 0.05) is 26.2 Å². The van der Waals surface area contributed by atoms with E-state index in [9.17, 15) is 9.59 Å². The summed E-state index contributed by atoms with van der Waals surface area (Å²) in [7, 11) is 0. The maximum Gasteiger partial charge on any atom is 0.409 e. The minimum atomic E-state index is -0.153. The molecule has 2 heterocycles. The maximum absolute atomic E-state index is 11.4. The Morgan fingerprint density at radius 1 is 0.682 bits per heavy atom. The number of amides is 2. The minimum Gasteiger partial charge on any atom is -0.449 e. The Morgan fingerprint density at radius 3 is 1.50 bits per heavy atom. The van der Waals surface area contributed by atoms with Crippen LogP contribution in [0.3, 0.4) is 0 Å². The molecule has 2 fully saturated rings. The standard InChI is InChI=1S/C16H28N2O4/c19-15-17(11-7-13-21-15)9-5-3-1-2-4-6-10-18-12-8-14-22-16(18)20/h1-14H2. The van der Waals surface area contributed by atoms with E-state index >= 15 is 0 Å². The highest BCUT2D eigenvalue weighted by Crippen LogP contribution is 2.11. The Balaban J connectivity index is 1.41. The second-order valence-corrected chi connectivity index (χ2v) is 6.03. The first-order valence-electron chi connectivity index (χ1n) is 8.61. The van der Waals surface area contributed by atoms with Gasteiger partial charge in [-0.1, -0.05) is 25.7 Å². The zero-order valence-corrected chi connectivity index (χ0v) is 13.4. The molecule has 22 heavy (non-hydrogen) atoms. The molecule has 2 saturated heterocycles. The van der Waals surface area contributed by atoms with Crippen LogP contribution in [0.15, 0.2) is 0 Å². The van der Waals surface area contributed by atoms with Crippen molar-refractivity contribution >= 4 is 12.2 Å². The normalized spacial score (nSPS) is 19.1. The van der Waals surface area contributed by atoms with Crippen LogP contribution in [0, 0.1) is 0 Å². The van der Waals surface area contributed by atoms with Crippen LogP contribution in [0.5, 0.6) is 0 Å². The van der Waals surface area contributed by atoms with Crippen LogP contribution in [0.25, 0.3) is 0 Å². The number of hydrogen-bond donors (Lipinski definition) is 0. The summed E-state index contributed by atoms with van der Waals surface area (Å²) in [5, 5.41) is 0. The predicted molar refractivity (Wildman–Crippen MR) is 82.8 cm³/mol. The van der Waals surface area contributed by atoms with Gasteiger partial charge in [0.2, 0.25) is 0 Å². The molecule has 0 spiro atoms. The van der Waals surface area contributed by atoms with Gasteiger partial charge in [0.25, 0.3) is 0 Å². The van der Waals surface area contributed by atoms with E-state index in [-0.39, 0.29) is 12.2 Å². The van der Waals surface area contributed by atoms with Crippen molar-refractivity contribution in [1.29, 1.82) is 0 Å². The smallest absolute Gasteiger partial charge is 0.409 e. The van der Waals surface area contributed by atoms with Crippen LogP contribution in [0.4, 0.5) is 9.59 Å². The van der Waals surface area contributed by atoms with Gasteiger partial charge in [-0.05, 0) is 25.7 Å². The van der Waals surface area contributed by atoms with Gasteiger partial charge in [0.05, 0.1) is 13.2 Å². The van der Waals surface area contributed by atoms with Crippen LogP contribution in [-0.2, 0) is 9.47 Å². The van der Waals surface area contributed by atoms with Crippen LogP contribution in [0.1, 0.15) is 51.4 Å². The van der Waals surface area contributed by atoms with Crippen molar-refractivity contribution in [3.63, 3.8) is 0 Å². The van der Waals surface area contributed by atoms with Crippen molar-refractivity contribution < 1.29 is 19.1 Å². The average Bonchev–Trinajstić information content (AvgIpc) is 2.53. The van der Waals surface area contributed by atoms with E-state index in [0.29, 0.717) is 13.2 Å². The fraction of sp³-hybridized carbons (Fsp3) is 0.875. The molecule has 0 atom stereocenters. The molecule has 0 N–H and O–H groups in total. The molecule has 6 heteroatoms. The van der Waals surface area contributed by atoms with E-state index in [2.05, 4.69) is 0 Å². The first-order chi connectivity index (χ1) is 10.8. The summed E-state index contributed by atoms with van der Waals surface area (Å²) in [6.45, 7) is 4.45. The first kappa shape index (κ1) is 16.9. The fourth-order valence-corrected chi connectivity index (χ4v) is 2.91. The lowest BCUT2D eigenvalue weighted by atomic mass is 10.1. The van der Waals surface area contributed by atoms with Crippen LogP contribution < -0.4 is 0 Å². The number of hydrogen-bond acceptors (Lipinski definition) is 4. The van der Waals surface area contributed by atoms with Crippen LogP contribution in [-0.4, -0.2) is 61.4 Å². The number of carbonyl (C=O) groups is 2. The largest absolute Gasteiger partial charge is 0.449 e. The molecule has 0 aromatic carbocycles. The number of rotatable bonds is 9. The molecule has 0 aromatic heterocycles. The van der Waals surface area contributed by atoms with Crippen molar-refractivity contribution in [2.24, 2.45) is 0 Å². The second-order valence-electron chi connectivity index (χ2n) is 6.03. The van der Waals surface area contributed by atoms with Crippen LogP contribution >= 0.6 is 0 Å². The molecule has 2 amide bonds. The number of carbonyl (C=O) groups excluding carboxylic acids is 2. The van der Waals surface area contributed by atoms with Crippen molar-refractivity contribution in [3.8, 4) is 0 Å². The van der Waals surface area contributed by atoms with Gasteiger partial charge in [0.1, 0.15) is 0 Å². The number of ether oxygens (including phenoxy) is 2. The maximum atomic E-state index is 11.4. The zero-order valence-electron chi connectivity index (χ0n) is 13.4. The molecule has 2 rings (SSSR count). The van der Waals surface area contributed by atoms with Crippen molar-refractivity contribution in [2.75, 3.05) is 39.4 Å². The summed E-state index contributed by atoms with van der Waals surface area (Å²) >= 11 is 0. The lowest BCUT2D eigenvalue weighted by Crippen LogP contribution is -2.38. The van der Waals surface area contributed by atoms with E-state index in [4.69, 9.17) is 9.47 Å². The Kier molecular flexibility index (Phi) is 7.33. The number of nitrogens with zero attached hydrogens (tertiary/aromatic N) is 2. The van der Waals surface area contributed by atoms with E-state index < -0.39 is 0 Å². The third-order valence-corrected chi connectivity index (χ3v) is 4.22. The Morgan fingerprint density at radius 2 is 1.09 bits per heavy atom. The molecule has 126 valence electrons. The van der Waals surface area contributed by atoms with E-state index in [1.54, 1.807) is 0 Å². The Bertz CT molecular complexity index is 328. The topological polar surface area (TPSA) is 59.1 Å². The van der Waals surface area contributed by atoms with Gasteiger partial charge in [-0.15, -0.1) is 0 Å². The zero-order chi connectivity index (χ0) is 15.6. The van der Waals surface area contributed by atoms with Crippen molar-refractivity contribution in [3.05, 3.63) is 0 Å². The van der Waals surface area contributed by atoms with Gasteiger partial charge in [-0.25, -0.2) is 9.59 Å². The molecular weight excluding hydrogens is 284 g/mol. The molecule has 0 unspecified atom stereocenters. The molecule has 0 radical (unpaired) electrons. The first-order valence-corrected chi connectivity index (χ1v) is 8.61. The van der Waals surface area contributed by atoms with E-state index in [1.165, 1.54) is 12.8 Å². The molecule has 0 aliphatic carbocycles. The van der Waals surface area contributed by atoms with Gasteiger partial charge >= 0.3 is 12.2 Å². The molecule has 6 nitrogen and oxygen atoms in total. The second kappa shape index (κ2) is 9.54. The predicted octanol–water partition coefficient (Wildman–Crippen LogP) is 3.01. The summed E-state index contributed by atoms with van der Waals surface area (Å²) in [4.78, 5) is 26.5. The third-order valence-electron chi connectivity index (χ3n) is 4.22. The number of cyclic esters (lactones) is 2. The highest BCUT2D eigenvalue weighted by atomic mass is 16.6. The summed E-state index contributed by atoms with van der Waals surface area (Å²) < 4.78 is 10.0. The highest BCUT2D eigenvalue weighted by Gasteiger charge is 2.19. The minimum absolute atomic E-state index is 0.153. The molecule has 0 saturated carbocycles. The number of unbranched alkanes of at least 4 members (excludes halogenated alkanes) is 5. The van der Waals surface area contributed by atoms with Crippen molar-refractivity contribution in [2.45, 2.75) is 51.4 Å². The van der Waals surface area contributed by atoms with Gasteiger partial charge < -0.3 is 19.3 Å². The molecule has 0 bridgehead atoms. The molecule has 2 aliphatic heterocycles. The lowest BCUT2D eigenvalue weighted by Gasteiger charge is -2.26. The average molecular weight is 312 g/mol. The third kappa shape index (κ3) is 5.73. The van der Waals surface area contributed by atoms with Gasteiger partial charge in [-0.2, -0.15) is 0 Å². The van der Waals surface area contributed by atoms with E-state index in [0.717, 1.165) is 64.7 Å². The highest BCUT2D eigenvalue weighted by molar-refractivity contribution is 5.68. The monoisotopic (exact) mass is 312 g/mol. The Hall–Kier alpha value is -1.46.